The number of benzene rings is 1. The highest BCUT2D eigenvalue weighted by molar-refractivity contribution is 5.94. The summed E-state index contributed by atoms with van der Waals surface area (Å²) in [6.45, 7) is 3.71. The summed E-state index contributed by atoms with van der Waals surface area (Å²) in [5, 5.41) is 8.96. The first kappa shape index (κ1) is 10.7. The van der Waals surface area contributed by atoms with Crippen LogP contribution in [0, 0.1) is 6.92 Å². The second-order valence-corrected chi connectivity index (χ2v) is 3.94. The second-order valence-electron chi connectivity index (χ2n) is 3.94. The van der Waals surface area contributed by atoms with Gasteiger partial charge in [0.15, 0.2) is 0 Å². The van der Waals surface area contributed by atoms with Gasteiger partial charge >= 0.3 is 11.9 Å². The molecule has 4 heteroatoms. The monoisotopic (exact) mass is 220 g/mol. The fourth-order valence-electron chi connectivity index (χ4n) is 1.97. The summed E-state index contributed by atoms with van der Waals surface area (Å²) in [7, 11) is 0. The number of esters is 1. The molecule has 0 spiro atoms. The van der Waals surface area contributed by atoms with Crippen molar-refractivity contribution < 1.29 is 19.4 Å². The van der Waals surface area contributed by atoms with Gasteiger partial charge in [-0.15, -0.1) is 0 Å². The highest BCUT2D eigenvalue weighted by Gasteiger charge is 2.26. The lowest BCUT2D eigenvalue weighted by Gasteiger charge is -2.12. The summed E-state index contributed by atoms with van der Waals surface area (Å²) in [6.07, 6.45) is 0. The first-order chi connectivity index (χ1) is 7.52. The molecule has 0 fully saturated rings. The van der Waals surface area contributed by atoms with Crippen molar-refractivity contribution in [2.24, 2.45) is 0 Å². The lowest BCUT2D eigenvalue weighted by molar-refractivity contribution is -0.138. The maximum absolute atomic E-state index is 11.3. The molecule has 0 saturated carbocycles. The van der Waals surface area contributed by atoms with Crippen LogP contribution in [0.5, 0.6) is 0 Å². The highest BCUT2D eigenvalue weighted by Crippen LogP contribution is 2.29. The smallest absolute Gasteiger partial charge is 0.338 e. The predicted octanol–water partition coefficient (Wildman–Crippen LogP) is 1.85. The zero-order valence-corrected chi connectivity index (χ0v) is 9.11. The minimum atomic E-state index is -0.867. The first-order valence-electron chi connectivity index (χ1n) is 5.04. The summed E-state index contributed by atoms with van der Waals surface area (Å²) >= 11 is 0. The van der Waals surface area contributed by atoms with Gasteiger partial charge in [-0.3, -0.25) is 4.79 Å². The van der Waals surface area contributed by atoms with Crippen molar-refractivity contribution in [1.29, 1.82) is 0 Å². The third-order valence-electron chi connectivity index (χ3n) is 3.04. The minimum Gasteiger partial charge on any atom is -0.481 e. The quantitative estimate of drug-likeness (QED) is 0.772. The molecule has 84 valence electrons. The standard InChI is InChI=1S/C12H12O4/c1-6-8(7(2)11(13)14)3-4-9-10(6)5-16-12(9)15/h3-4,7H,5H2,1-2H3,(H,13,14). The number of aliphatic carboxylic acids is 1. The Bertz CT molecular complexity index is 476. The van der Waals surface area contributed by atoms with Crippen molar-refractivity contribution in [3.05, 3.63) is 34.4 Å². The van der Waals surface area contributed by atoms with E-state index in [1.165, 1.54) is 0 Å². The van der Waals surface area contributed by atoms with Crippen LogP contribution in [0.15, 0.2) is 12.1 Å². The normalized spacial score (nSPS) is 15.5. The molecule has 1 unspecified atom stereocenters. The van der Waals surface area contributed by atoms with Crippen molar-refractivity contribution in [2.75, 3.05) is 0 Å². The number of carboxylic acid groups (broad SMARTS) is 1. The van der Waals surface area contributed by atoms with Crippen LogP contribution >= 0.6 is 0 Å². The molecule has 0 bridgehead atoms. The average molecular weight is 220 g/mol. The molecule has 2 rings (SSSR count). The van der Waals surface area contributed by atoms with E-state index in [1.54, 1.807) is 19.1 Å². The van der Waals surface area contributed by atoms with Crippen LogP contribution in [0.25, 0.3) is 0 Å². The van der Waals surface area contributed by atoms with Crippen LogP contribution in [0.1, 0.15) is 39.9 Å². The van der Waals surface area contributed by atoms with E-state index in [-0.39, 0.29) is 12.6 Å². The first-order valence-corrected chi connectivity index (χ1v) is 5.04. The third kappa shape index (κ3) is 1.46. The van der Waals surface area contributed by atoms with Gasteiger partial charge in [0.25, 0.3) is 0 Å². The number of cyclic esters (lactones) is 1. The number of carboxylic acids is 1. The fraction of sp³-hybridized carbons (Fsp3) is 0.333. The summed E-state index contributed by atoms with van der Waals surface area (Å²) < 4.78 is 4.91. The van der Waals surface area contributed by atoms with Crippen LogP contribution in [-0.2, 0) is 16.1 Å². The van der Waals surface area contributed by atoms with Gasteiger partial charge in [0.1, 0.15) is 6.61 Å². The number of fused-ring (bicyclic) bond motifs is 1. The molecule has 1 heterocycles. The van der Waals surface area contributed by atoms with Crippen LogP contribution in [0.2, 0.25) is 0 Å². The van der Waals surface area contributed by atoms with Gasteiger partial charge in [-0.05, 0) is 31.0 Å². The maximum atomic E-state index is 11.3. The van der Waals surface area contributed by atoms with Gasteiger partial charge in [0.05, 0.1) is 11.5 Å². The van der Waals surface area contributed by atoms with Gasteiger partial charge in [0, 0.05) is 5.56 Å². The van der Waals surface area contributed by atoms with Gasteiger partial charge in [0.2, 0.25) is 0 Å². The topological polar surface area (TPSA) is 63.6 Å². The molecule has 0 aliphatic carbocycles. The van der Waals surface area contributed by atoms with Crippen LogP contribution in [-0.4, -0.2) is 17.0 Å². The van der Waals surface area contributed by atoms with Gasteiger partial charge < -0.3 is 9.84 Å². The number of rotatable bonds is 2. The average Bonchev–Trinajstić information content (AvgIpc) is 2.61. The molecule has 1 aliphatic rings. The Hall–Kier alpha value is -1.84. The molecule has 0 saturated heterocycles. The Morgan fingerprint density at radius 1 is 1.50 bits per heavy atom. The van der Waals surface area contributed by atoms with E-state index >= 15 is 0 Å². The Morgan fingerprint density at radius 3 is 2.81 bits per heavy atom. The van der Waals surface area contributed by atoms with Gasteiger partial charge in [-0.25, -0.2) is 4.79 Å². The summed E-state index contributed by atoms with van der Waals surface area (Å²) in [5.41, 5.74) is 2.96. The molecule has 16 heavy (non-hydrogen) atoms. The molecule has 1 aromatic carbocycles. The van der Waals surface area contributed by atoms with Gasteiger partial charge in [-0.1, -0.05) is 6.07 Å². The molecule has 1 aliphatic heterocycles. The van der Waals surface area contributed by atoms with Crippen molar-refractivity contribution in [1.82, 2.24) is 0 Å². The summed E-state index contributed by atoms with van der Waals surface area (Å²) in [4.78, 5) is 22.2. The van der Waals surface area contributed by atoms with Crippen molar-refractivity contribution >= 4 is 11.9 Å². The summed E-state index contributed by atoms with van der Waals surface area (Å²) in [5.74, 6) is -1.76. The van der Waals surface area contributed by atoms with Crippen molar-refractivity contribution in [3.63, 3.8) is 0 Å². The molecule has 0 amide bonds. The second kappa shape index (κ2) is 3.63. The number of hydrogen-bond acceptors (Lipinski definition) is 3. The number of hydrogen-bond donors (Lipinski definition) is 1. The molecule has 0 aromatic heterocycles. The molecule has 4 nitrogen and oxygen atoms in total. The Kier molecular flexibility index (Phi) is 2.42. The molecular formula is C12H12O4. The molecule has 1 atom stereocenters. The van der Waals surface area contributed by atoms with E-state index in [2.05, 4.69) is 0 Å². The van der Waals surface area contributed by atoms with Crippen LogP contribution in [0.4, 0.5) is 0 Å². The largest absolute Gasteiger partial charge is 0.481 e. The van der Waals surface area contributed by atoms with E-state index in [9.17, 15) is 9.59 Å². The predicted molar refractivity (Wildman–Crippen MR) is 56.3 cm³/mol. The Labute approximate surface area is 92.8 Å². The zero-order chi connectivity index (χ0) is 11.9. The molecular weight excluding hydrogens is 208 g/mol. The number of ether oxygens (including phenoxy) is 1. The van der Waals surface area contributed by atoms with E-state index in [0.29, 0.717) is 5.56 Å². The highest BCUT2D eigenvalue weighted by atomic mass is 16.5. The Morgan fingerprint density at radius 2 is 2.19 bits per heavy atom. The van der Waals surface area contributed by atoms with Crippen LogP contribution in [0.3, 0.4) is 0 Å². The molecule has 1 N–H and O–H groups in total. The Balaban J connectivity index is 2.52. The third-order valence-corrected chi connectivity index (χ3v) is 3.04. The minimum absolute atomic E-state index is 0.250. The lowest BCUT2D eigenvalue weighted by atomic mass is 9.91. The lowest BCUT2D eigenvalue weighted by Crippen LogP contribution is -2.10. The summed E-state index contributed by atoms with van der Waals surface area (Å²) in [6, 6.07) is 3.34. The van der Waals surface area contributed by atoms with Crippen molar-refractivity contribution in [3.8, 4) is 0 Å². The van der Waals surface area contributed by atoms with E-state index < -0.39 is 11.9 Å². The molecule has 1 aromatic rings. The van der Waals surface area contributed by atoms with E-state index in [4.69, 9.17) is 9.84 Å². The van der Waals surface area contributed by atoms with E-state index in [1.807, 2.05) is 6.92 Å². The fourth-order valence-corrected chi connectivity index (χ4v) is 1.97. The van der Waals surface area contributed by atoms with Crippen LogP contribution < -0.4 is 0 Å². The number of carbonyl (C=O) groups excluding carboxylic acids is 1. The maximum Gasteiger partial charge on any atom is 0.338 e. The number of carbonyl (C=O) groups is 2. The van der Waals surface area contributed by atoms with Gasteiger partial charge in [-0.2, -0.15) is 0 Å². The molecule has 0 radical (unpaired) electrons. The SMILES string of the molecule is Cc1c(C(C)C(=O)O)ccc2c1COC2=O. The zero-order valence-electron chi connectivity index (χ0n) is 9.11. The van der Waals surface area contributed by atoms with E-state index in [0.717, 1.165) is 16.7 Å². The van der Waals surface area contributed by atoms with Crippen molar-refractivity contribution in [2.45, 2.75) is 26.4 Å².